The van der Waals surface area contributed by atoms with Crippen molar-refractivity contribution >= 4 is 34.8 Å². The van der Waals surface area contributed by atoms with Gasteiger partial charge in [0.25, 0.3) is 17.5 Å². The molecule has 0 spiro atoms. The second-order valence-electron chi connectivity index (χ2n) is 7.54. The lowest BCUT2D eigenvalue weighted by Crippen LogP contribution is -2.31. The molecule has 1 aliphatic carbocycles. The first kappa shape index (κ1) is 21.5. The van der Waals surface area contributed by atoms with E-state index in [1.807, 2.05) is 18.2 Å². The van der Waals surface area contributed by atoms with E-state index in [1.165, 1.54) is 17.7 Å². The minimum atomic E-state index is -0.587. The lowest BCUT2D eigenvalue weighted by Gasteiger charge is -2.26. The number of fused-ring (bicyclic) bond motifs is 1. The van der Waals surface area contributed by atoms with E-state index < -0.39 is 10.8 Å². The van der Waals surface area contributed by atoms with E-state index in [9.17, 15) is 19.7 Å². The van der Waals surface area contributed by atoms with Gasteiger partial charge in [-0.05, 0) is 48.6 Å². The highest BCUT2D eigenvalue weighted by Gasteiger charge is 2.23. The number of hydrogen-bond donors (Lipinski definition) is 2. The van der Waals surface area contributed by atoms with Crippen LogP contribution in [0.3, 0.4) is 0 Å². The van der Waals surface area contributed by atoms with E-state index in [2.05, 4.69) is 16.7 Å². The quantitative estimate of drug-likeness (QED) is 0.407. The maximum atomic E-state index is 13.1. The molecule has 7 nitrogen and oxygen atoms in total. The van der Waals surface area contributed by atoms with Gasteiger partial charge in [0.1, 0.15) is 0 Å². The Hall–Kier alpha value is -3.71. The topological polar surface area (TPSA) is 101 Å². The van der Waals surface area contributed by atoms with Gasteiger partial charge in [-0.2, -0.15) is 0 Å². The van der Waals surface area contributed by atoms with Gasteiger partial charge >= 0.3 is 0 Å². The zero-order valence-corrected chi connectivity index (χ0v) is 17.8. The van der Waals surface area contributed by atoms with Crippen LogP contribution < -0.4 is 10.6 Å². The molecule has 2 N–H and O–H groups in total. The number of para-hydroxylation sites is 1. The van der Waals surface area contributed by atoms with Crippen molar-refractivity contribution in [3.63, 3.8) is 0 Å². The van der Waals surface area contributed by atoms with Crippen LogP contribution in [-0.2, 0) is 6.42 Å². The molecule has 0 heterocycles. The summed E-state index contributed by atoms with van der Waals surface area (Å²) in [4.78, 5) is 36.1. The highest BCUT2D eigenvalue weighted by atomic mass is 35.5. The molecule has 4 rings (SSSR count). The Morgan fingerprint density at radius 2 is 1.72 bits per heavy atom. The number of anilines is 1. The Kier molecular flexibility index (Phi) is 6.18. The van der Waals surface area contributed by atoms with Gasteiger partial charge in [0.2, 0.25) is 0 Å². The third-order valence-corrected chi connectivity index (χ3v) is 5.82. The molecule has 162 valence electrons. The van der Waals surface area contributed by atoms with Crippen LogP contribution in [-0.4, -0.2) is 16.7 Å². The number of nitro benzene ring substituents is 1. The minimum absolute atomic E-state index is 0.0440. The van der Waals surface area contributed by atoms with Gasteiger partial charge < -0.3 is 10.6 Å². The summed E-state index contributed by atoms with van der Waals surface area (Å²) in [7, 11) is 0. The molecule has 0 saturated heterocycles. The average molecular weight is 450 g/mol. The summed E-state index contributed by atoms with van der Waals surface area (Å²) in [6.45, 7) is 0. The number of carbonyl (C=O) groups is 2. The SMILES string of the molecule is O=C(Nc1ccccc1C(=O)NC1CCCc2ccccc21)c1ccc([N+](=O)[O-])cc1Cl. The normalized spacial score (nSPS) is 14.8. The molecule has 1 aliphatic rings. The number of hydrogen-bond acceptors (Lipinski definition) is 4. The third-order valence-electron chi connectivity index (χ3n) is 5.50. The Bertz CT molecular complexity index is 1210. The number of nitrogens with one attached hydrogen (secondary N) is 2. The van der Waals surface area contributed by atoms with Gasteiger partial charge in [-0.1, -0.05) is 48.0 Å². The van der Waals surface area contributed by atoms with Gasteiger partial charge in [-0.3, -0.25) is 19.7 Å². The Morgan fingerprint density at radius 3 is 2.50 bits per heavy atom. The largest absolute Gasteiger partial charge is 0.345 e. The molecule has 0 saturated carbocycles. The Balaban J connectivity index is 1.54. The predicted molar refractivity (Wildman–Crippen MR) is 122 cm³/mol. The standard InChI is InChI=1S/C24H20ClN3O4/c25-20-14-16(28(31)32)12-13-18(20)23(29)27-22-10-4-3-9-19(22)24(30)26-21-11-5-7-15-6-1-2-8-17(15)21/h1-4,6,8-10,12-14,21H,5,7,11H2,(H,26,30)(H,27,29). The van der Waals surface area contributed by atoms with Crippen molar-refractivity contribution < 1.29 is 14.5 Å². The number of nitrogens with zero attached hydrogens (tertiary/aromatic N) is 1. The van der Waals surface area contributed by atoms with E-state index in [0.717, 1.165) is 30.9 Å². The van der Waals surface area contributed by atoms with Crippen LogP contribution in [0.25, 0.3) is 0 Å². The first-order chi connectivity index (χ1) is 15.4. The second kappa shape index (κ2) is 9.20. The zero-order chi connectivity index (χ0) is 22.7. The summed E-state index contributed by atoms with van der Waals surface area (Å²) in [5, 5.41) is 16.6. The molecular weight excluding hydrogens is 430 g/mol. The van der Waals surface area contributed by atoms with Gasteiger partial charge in [0.15, 0.2) is 0 Å². The minimum Gasteiger partial charge on any atom is -0.345 e. The molecule has 0 fully saturated rings. The Morgan fingerprint density at radius 1 is 0.969 bits per heavy atom. The van der Waals surface area contributed by atoms with E-state index >= 15 is 0 Å². The van der Waals surface area contributed by atoms with Crippen molar-refractivity contribution in [1.29, 1.82) is 0 Å². The monoisotopic (exact) mass is 449 g/mol. The van der Waals surface area contributed by atoms with Crippen LogP contribution in [0, 0.1) is 10.1 Å². The number of benzene rings is 3. The van der Waals surface area contributed by atoms with Crippen LogP contribution in [0.4, 0.5) is 11.4 Å². The van der Waals surface area contributed by atoms with Crippen molar-refractivity contribution in [2.45, 2.75) is 25.3 Å². The fourth-order valence-corrected chi connectivity index (χ4v) is 4.18. The number of nitro groups is 1. The summed E-state index contributed by atoms with van der Waals surface area (Å²) in [5.74, 6) is -0.856. The number of aryl methyl sites for hydroxylation is 1. The number of rotatable bonds is 5. The van der Waals surface area contributed by atoms with Crippen LogP contribution in [0.2, 0.25) is 5.02 Å². The van der Waals surface area contributed by atoms with Crippen molar-refractivity contribution in [3.05, 3.63) is 104 Å². The molecule has 3 aromatic carbocycles. The molecule has 8 heteroatoms. The van der Waals surface area contributed by atoms with Gasteiger partial charge in [0.05, 0.1) is 32.8 Å². The summed E-state index contributed by atoms with van der Waals surface area (Å²) >= 11 is 6.07. The Labute approximate surface area is 189 Å². The number of halogens is 1. The van der Waals surface area contributed by atoms with Crippen molar-refractivity contribution in [2.75, 3.05) is 5.32 Å². The fourth-order valence-electron chi connectivity index (χ4n) is 3.92. The van der Waals surface area contributed by atoms with Crippen LogP contribution >= 0.6 is 11.6 Å². The second-order valence-corrected chi connectivity index (χ2v) is 7.95. The average Bonchev–Trinajstić information content (AvgIpc) is 2.79. The first-order valence-corrected chi connectivity index (χ1v) is 10.5. The predicted octanol–water partition coefficient (Wildman–Crippen LogP) is 5.31. The third kappa shape index (κ3) is 4.48. The van der Waals surface area contributed by atoms with Crippen molar-refractivity contribution in [3.8, 4) is 0 Å². The molecule has 2 amide bonds. The fraction of sp³-hybridized carbons (Fsp3) is 0.167. The van der Waals surface area contributed by atoms with Crippen LogP contribution in [0.15, 0.2) is 66.7 Å². The van der Waals surface area contributed by atoms with Crippen LogP contribution in [0.5, 0.6) is 0 Å². The highest BCUT2D eigenvalue weighted by Crippen LogP contribution is 2.30. The molecule has 3 aromatic rings. The molecule has 0 radical (unpaired) electrons. The molecular formula is C24H20ClN3O4. The number of carbonyl (C=O) groups excluding carboxylic acids is 2. The molecule has 0 bridgehead atoms. The van der Waals surface area contributed by atoms with Crippen LogP contribution in [0.1, 0.15) is 50.7 Å². The molecule has 1 unspecified atom stereocenters. The molecule has 0 aromatic heterocycles. The first-order valence-electron chi connectivity index (χ1n) is 10.2. The molecule has 32 heavy (non-hydrogen) atoms. The lowest BCUT2D eigenvalue weighted by molar-refractivity contribution is -0.384. The zero-order valence-electron chi connectivity index (χ0n) is 17.0. The summed E-state index contributed by atoms with van der Waals surface area (Å²) in [5.41, 5.74) is 2.87. The maximum absolute atomic E-state index is 13.1. The number of non-ortho nitro benzene ring substituents is 1. The van der Waals surface area contributed by atoms with Gasteiger partial charge in [-0.15, -0.1) is 0 Å². The summed E-state index contributed by atoms with van der Waals surface area (Å²) in [6.07, 6.45) is 2.82. The number of amides is 2. The molecule has 0 aliphatic heterocycles. The summed E-state index contributed by atoms with van der Waals surface area (Å²) < 4.78 is 0. The van der Waals surface area contributed by atoms with Gasteiger partial charge in [0, 0.05) is 12.1 Å². The van der Waals surface area contributed by atoms with Gasteiger partial charge in [-0.25, -0.2) is 0 Å². The van der Waals surface area contributed by atoms with E-state index in [4.69, 9.17) is 11.6 Å². The van der Waals surface area contributed by atoms with E-state index in [0.29, 0.717) is 11.3 Å². The van der Waals surface area contributed by atoms with E-state index in [1.54, 1.807) is 24.3 Å². The summed E-state index contributed by atoms with van der Waals surface area (Å²) in [6, 6.07) is 18.3. The smallest absolute Gasteiger partial charge is 0.270 e. The van der Waals surface area contributed by atoms with Crippen molar-refractivity contribution in [2.24, 2.45) is 0 Å². The lowest BCUT2D eigenvalue weighted by atomic mass is 9.87. The highest BCUT2D eigenvalue weighted by molar-refractivity contribution is 6.34. The maximum Gasteiger partial charge on any atom is 0.270 e. The van der Waals surface area contributed by atoms with E-state index in [-0.39, 0.29) is 28.2 Å². The van der Waals surface area contributed by atoms with Crippen molar-refractivity contribution in [1.82, 2.24) is 5.32 Å². The molecule has 1 atom stereocenters.